The van der Waals surface area contributed by atoms with Crippen molar-refractivity contribution >= 4 is 11.7 Å². The molecule has 0 spiro atoms. The highest BCUT2D eigenvalue weighted by atomic mass is 19.1. The summed E-state index contributed by atoms with van der Waals surface area (Å²) in [4.78, 5) is 17.7. The molecule has 2 rings (SSSR count). The van der Waals surface area contributed by atoms with Crippen molar-refractivity contribution in [1.29, 1.82) is 0 Å². The van der Waals surface area contributed by atoms with Gasteiger partial charge in [0.1, 0.15) is 17.7 Å². The molecule has 18 heavy (non-hydrogen) atoms. The van der Waals surface area contributed by atoms with Crippen molar-refractivity contribution in [3.63, 3.8) is 0 Å². The summed E-state index contributed by atoms with van der Waals surface area (Å²) >= 11 is 0. The van der Waals surface area contributed by atoms with Crippen molar-refractivity contribution in [2.24, 2.45) is 0 Å². The van der Waals surface area contributed by atoms with Gasteiger partial charge in [0.2, 0.25) is 5.91 Å². The summed E-state index contributed by atoms with van der Waals surface area (Å²) in [5.41, 5.74) is 0. The molecule has 1 unspecified atom stereocenters. The van der Waals surface area contributed by atoms with Crippen LogP contribution in [-0.2, 0) is 9.53 Å². The molecular formula is C12H16FN3O2. The van der Waals surface area contributed by atoms with Gasteiger partial charge in [0.25, 0.3) is 0 Å². The number of halogens is 1. The van der Waals surface area contributed by atoms with E-state index in [0.29, 0.717) is 32.1 Å². The van der Waals surface area contributed by atoms with Gasteiger partial charge in [-0.15, -0.1) is 0 Å². The summed E-state index contributed by atoms with van der Waals surface area (Å²) < 4.78 is 17.9. The van der Waals surface area contributed by atoms with Crippen LogP contribution in [-0.4, -0.2) is 48.1 Å². The van der Waals surface area contributed by atoms with Crippen LogP contribution in [0, 0.1) is 5.82 Å². The molecule has 98 valence electrons. The van der Waals surface area contributed by atoms with E-state index in [1.54, 1.807) is 11.8 Å². The van der Waals surface area contributed by atoms with Gasteiger partial charge < -0.3 is 15.0 Å². The van der Waals surface area contributed by atoms with Gasteiger partial charge in [-0.1, -0.05) is 0 Å². The predicted molar refractivity (Wildman–Crippen MR) is 64.7 cm³/mol. The van der Waals surface area contributed by atoms with Gasteiger partial charge in [0, 0.05) is 13.1 Å². The normalized spacial score (nSPS) is 17.3. The van der Waals surface area contributed by atoms with Crippen LogP contribution in [0.1, 0.15) is 6.92 Å². The number of amides is 1. The second-order valence-electron chi connectivity index (χ2n) is 4.17. The zero-order valence-electron chi connectivity index (χ0n) is 10.2. The van der Waals surface area contributed by atoms with Crippen molar-refractivity contribution < 1.29 is 13.9 Å². The Morgan fingerprint density at radius 3 is 2.83 bits per heavy atom. The van der Waals surface area contributed by atoms with Crippen LogP contribution in [0.5, 0.6) is 0 Å². The van der Waals surface area contributed by atoms with E-state index in [9.17, 15) is 9.18 Å². The average Bonchev–Trinajstić information content (AvgIpc) is 2.41. The van der Waals surface area contributed by atoms with E-state index in [0.717, 1.165) is 6.20 Å². The number of morpholine rings is 1. The summed E-state index contributed by atoms with van der Waals surface area (Å²) in [5.74, 6) is 0.0997. The van der Waals surface area contributed by atoms with Crippen LogP contribution < -0.4 is 5.32 Å². The maximum atomic E-state index is 12.7. The molecule has 6 heteroatoms. The molecule has 0 aromatic carbocycles. The lowest BCUT2D eigenvalue weighted by Gasteiger charge is -2.29. The Hall–Kier alpha value is -1.69. The molecule has 0 radical (unpaired) electrons. The Morgan fingerprint density at radius 1 is 1.50 bits per heavy atom. The molecule has 1 aliphatic rings. The lowest BCUT2D eigenvalue weighted by atomic mass is 10.2. The molecule has 1 saturated heterocycles. The van der Waals surface area contributed by atoms with Gasteiger partial charge in [-0.05, 0) is 19.1 Å². The number of nitrogens with zero attached hydrogens (tertiary/aromatic N) is 2. The number of hydrogen-bond acceptors (Lipinski definition) is 4. The lowest BCUT2D eigenvalue weighted by molar-refractivity contribution is -0.135. The number of pyridine rings is 1. The molecule has 1 amide bonds. The molecule has 5 nitrogen and oxygen atoms in total. The van der Waals surface area contributed by atoms with E-state index in [4.69, 9.17) is 4.74 Å². The third-order valence-electron chi connectivity index (χ3n) is 2.78. The molecule has 1 aromatic heterocycles. The van der Waals surface area contributed by atoms with Gasteiger partial charge >= 0.3 is 0 Å². The monoisotopic (exact) mass is 253 g/mol. The van der Waals surface area contributed by atoms with Crippen molar-refractivity contribution in [3.05, 3.63) is 24.1 Å². The number of nitrogens with one attached hydrogen (secondary N) is 1. The SMILES string of the molecule is CC(Nc1ccc(F)cn1)C(=O)N1CCOCC1. The first-order valence-corrected chi connectivity index (χ1v) is 5.91. The van der Waals surface area contributed by atoms with Crippen molar-refractivity contribution in [2.45, 2.75) is 13.0 Å². The Balaban J connectivity index is 1.92. The number of aromatic nitrogens is 1. The standard InChI is InChI=1S/C12H16FN3O2/c1-9(12(17)16-4-6-18-7-5-16)15-11-3-2-10(13)8-14-11/h2-3,8-9H,4-7H2,1H3,(H,14,15). The zero-order chi connectivity index (χ0) is 13.0. The predicted octanol–water partition coefficient (Wildman–Crippen LogP) is 0.880. The Kier molecular flexibility index (Phi) is 4.09. The highest BCUT2D eigenvalue weighted by Gasteiger charge is 2.22. The van der Waals surface area contributed by atoms with Crippen LogP contribution in [0.15, 0.2) is 18.3 Å². The molecule has 0 aliphatic carbocycles. The second kappa shape index (κ2) is 5.77. The summed E-state index contributed by atoms with van der Waals surface area (Å²) in [6.07, 6.45) is 1.12. The number of ether oxygens (including phenoxy) is 1. The van der Waals surface area contributed by atoms with Crippen LogP contribution in [0.2, 0.25) is 0 Å². The molecule has 1 N–H and O–H groups in total. The van der Waals surface area contributed by atoms with Gasteiger partial charge in [-0.25, -0.2) is 9.37 Å². The summed E-state index contributed by atoms with van der Waals surface area (Å²) in [6.45, 7) is 4.15. The molecule has 1 fully saturated rings. The molecule has 0 saturated carbocycles. The van der Waals surface area contributed by atoms with E-state index < -0.39 is 5.82 Å². The smallest absolute Gasteiger partial charge is 0.244 e. The van der Waals surface area contributed by atoms with Gasteiger partial charge in [-0.2, -0.15) is 0 Å². The fourth-order valence-electron chi connectivity index (χ4n) is 1.80. The molecule has 0 bridgehead atoms. The Labute approximate surface area is 105 Å². The highest BCUT2D eigenvalue weighted by molar-refractivity contribution is 5.84. The van der Waals surface area contributed by atoms with Gasteiger partial charge in [0.05, 0.1) is 19.4 Å². The quantitative estimate of drug-likeness (QED) is 0.869. The molecular weight excluding hydrogens is 237 g/mol. The minimum absolute atomic E-state index is 0.00410. The molecule has 1 aliphatic heterocycles. The van der Waals surface area contributed by atoms with Crippen molar-refractivity contribution in [3.8, 4) is 0 Å². The van der Waals surface area contributed by atoms with Crippen LogP contribution in [0.25, 0.3) is 0 Å². The third kappa shape index (κ3) is 3.16. The van der Waals surface area contributed by atoms with E-state index in [2.05, 4.69) is 10.3 Å². The fourth-order valence-corrected chi connectivity index (χ4v) is 1.80. The van der Waals surface area contributed by atoms with Gasteiger partial charge in [-0.3, -0.25) is 4.79 Å². The second-order valence-corrected chi connectivity index (χ2v) is 4.17. The van der Waals surface area contributed by atoms with Gasteiger partial charge in [0.15, 0.2) is 0 Å². The first kappa shape index (κ1) is 12.8. The van der Waals surface area contributed by atoms with Crippen molar-refractivity contribution in [2.75, 3.05) is 31.6 Å². The van der Waals surface area contributed by atoms with E-state index in [1.165, 1.54) is 12.1 Å². The topological polar surface area (TPSA) is 54.5 Å². The maximum Gasteiger partial charge on any atom is 0.244 e. The average molecular weight is 253 g/mol. The van der Waals surface area contributed by atoms with Crippen molar-refractivity contribution in [1.82, 2.24) is 9.88 Å². The number of carbonyl (C=O) groups excluding carboxylic acids is 1. The Bertz CT molecular complexity index is 404. The first-order chi connectivity index (χ1) is 8.66. The fraction of sp³-hybridized carbons (Fsp3) is 0.500. The van der Waals surface area contributed by atoms with Crippen LogP contribution >= 0.6 is 0 Å². The number of anilines is 1. The van der Waals surface area contributed by atoms with E-state index >= 15 is 0 Å². The Morgan fingerprint density at radius 2 is 2.22 bits per heavy atom. The molecule has 1 aromatic rings. The van der Waals surface area contributed by atoms with E-state index in [-0.39, 0.29) is 11.9 Å². The lowest BCUT2D eigenvalue weighted by Crippen LogP contribution is -2.47. The number of carbonyl (C=O) groups is 1. The molecule has 1 atom stereocenters. The maximum absolute atomic E-state index is 12.7. The summed E-state index contributed by atoms with van der Waals surface area (Å²) in [7, 11) is 0. The number of rotatable bonds is 3. The molecule has 2 heterocycles. The first-order valence-electron chi connectivity index (χ1n) is 5.91. The van der Waals surface area contributed by atoms with Crippen LogP contribution in [0.3, 0.4) is 0 Å². The minimum atomic E-state index is -0.396. The summed E-state index contributed by atoms with van der Waals surface area (Å²) in [6, 6.07) is 2.43. The number of hydrogen-bond donors (Lipinski definition) is 1. The minimum Gasteiger partial charge on any atom is -0.378 e. The van der Waals surface area contributed by atoms with E-state index in [1.807, 2.05) is 0 Å². The highest BCUT2D eigenvalue weighted by Crippen LogP contribution is 2.08. The largest absolute Gasteiger partial charge is 0.378 e. The zero-order valence-corrected chi connectivity index (χ0v) is 10.2. The van der Waals surface area contributed by atoms with Crippen LogP contribution in [0.4, 0.5) is 10.2 Å². The third-order valence-corrected chi connectivity index (χ3v) is 2.78. The summed E-state index contributed by atoms with van der Waals surface area (Å²) in [5, 5.41) is 2.96.